The van der Waals surface area contributed by atoms with Gasteiger partial charge in [-0.05, 0) is 56.2 Å². The Morgan fingerprint density at radius 1 is 1.15 bits per heavy atom. The molecule has 1 unspecified atom stereocenters. The number of ether oxygens (including phenoxy) is 1. The molecule has 8 nitrogen and oxygen atoms in total. The number of alkyl halides is 3. The first kappa shape index (κ1) is 26.9. The van der Waals surface area contributed by atoms with Gasteiger partial charge in [0.1, 0.15) is 0 Å². The Morgan fingerprint density at radius 2 is 1.76 bits per heavy atom. The van der Waals surface area contributed by atoms with Crippen LogP contribution in [-0.4, -0.2) is 91.5 Å². The Bertz CT molecular complexity index is 920. The molecule has 3 aliphatic rings. The van der Waals surface area contributed by atoms with Crippen LogP contribution in [0.1, 0.15) is 32.1 Å². The molecule has 3 aliphatic heterocycles. The second kappa shape index (κ2) is 10.9. The Morgan fingerprint density at radius 3 is 2.32 bits per heavy atom. The maximum Gasteiger partial charge on any atom is 0.490 e. The molecule has 3 fully saturated rings. The number of aliphatic hydroxyl groups excluding tert-OH is 1. The SMILES string of the molecule is O=C(O)C(F)(F)F.O=S(=O)(c1ccccc1)N1CCC2(CC1)COC(CN1CCC[C@H]1CO)C2. The summed E-state index contributed by atoms with van der Waals surface area (Å²) in [7, 11) is -3.39. The van der Waals surface area contributed by atoms with Gasteiger partial charge in [0, 0.05) is 25.7 Å². The average Bonchev–Trinajstić information content (AvgIpc) is 3.41. The first-order valence-corrected chi connectivity index (χ1v) is 12.7. The van der Waals surface area contributed by atoms with Crippen molar-refractivity contribution in [3.05, 3.63) is 30.3 Å². The van der Waals surface area contributed by atoms with Crippen LogP contribution in [0.15, 0.2) is 35.2 Å². The third-order valence-electron chi connectivity index (χ3n) is 6.84. The van der Waals surface area contributed by atoms with Crippen LogP contribution in [0.5, 0.6) is 0 Å². The van der Waals surface area contributed by atoms with Crippen LogP contribution in [0.4, 0.5) is 13.2 Å². The minimum absolute atomic E-state index is 0.113. The summed E-state index contributed by atoms with van der Waals surface area (Å²) in [6.07, 6.45) is 0.0592. The van der Waals surface area contributed by atoms with Crippen molar-refractivity contribution in [3.8, 4) is 0 Å². The number of hydrogen-bond acceptors (Lipinski definition) is 6. The monoisotopic (exact) mass is 508 g/mol. The largest absolute Gasteiger partial charge is 0.490 e. The van der Waals surface area contributed by atoms with E-state index in [9.17, 15) is 26.7 Å². The van der Waals surface area contributed by atoms with Gasteiger partial charge in [0.25, 0.3) is 0 Å². The van der Waals surface area contributed by atoms with Crippen LogP contribution in [0.2, 0.25) is 0 Å². The van der Waals surface area contributed by atoms with Gasteiger partial charge < -0.3 is 14.9 Å². The first-order valence-electron chi connectivity index (χ1n) is 11.3. The van der Waals surface area contributed by atoms with Gasteiger partial charge in [-0.15, -0.1) is 0 Å². The Kier molecular flexibility index (Phi) is 8.61. The van der Waals surface area contributed by atoms with E-state index in [4.69, 9.17) is 14.6 Å². The number of sulfonamides is 1. The summed E-state index contributed by atoms with van der Waals surface area (Å²) in [6.45, 7) is 4.02. The van der Waals surface area contributed by atoms with Gasteiger partial charge in [0.05, 0.1) is 24.2 Å². The Hall–Kier alpha value is -1.73. The van der Waals surface area contributed by atoms with Crippen molar-refractivity contribution in [1.82, 2.24) is 9.21 Å². The molecule has 34 heavy (non-hydrogen) atoms. The molecule has 12 heteroatoms. The fourth-order valence-electron chi connectivity index (χ4n) is 4.91. The highest BCUT2D eigenvalue weighted by Crippen LogP contribution is 2.43. The highest BCUT2D eigenvalue weighted by molar-refractivity contribution is 7.89. The van der Waals surface area contributed by atoms with E-state index in [1.807, 2.05) is 6.07 Å². The van der Waals surface area contributed by atoms with Crippen LogP contribution in [-0.2, 0) is 19.6 Å². The number of aliphatic carboxylic acids is 1. The molecule has 0 aliphatic carbocycles. The topological polar surface area (TPSA) is 107 Å². The van der Waals surface area contributed by atoms with Crippen molar-refractivity contribution in [2.24, 2.45) is 5.41 Å². The van der Waals surface area contributed by atoms with Gasteiger partial charge in [0.15, 0.2) is 0 Å². The van der Waals surface area contributed by atoms with Crippen molar-refractivity contribution < 1.29 is 41.3 Å². The molecule has 1 aromatic rings. The van der Waals surface area contributed by atoms with E-state index in [0.29, 0.717) is 18.0 Å². The van der Waals surface area contributed by atoms with Crippen LogP contribution in [0, 0.1) is 5.41 Å². The minimum Gasteiger partial charge on any atom is -0.475 e. The standard InChI is InChI=1S/C20H30N2O4S.C2HF3O2/c23-15-17-5-4-10-21(17)14-18-13-20(16-26-18)8-11-22(12-9-20)27(24,25)19-6-2-1-3-7-19;3-2(4,5)1(6)7/h1-3,6-7,17-18,23H,4-5,8-16H2;(H,6,7)/t17-,18?;/m0./s1. The summed E-state index contributed by atoms with van der Waals surface area (Å²) in [5.41, 5.74) is 0.113. The molecule has 0 bridgehead atoms. The van der Waals surface area contributed by atoms with E-state index in [-0.39, 0.29) is 24.2 Å². The molecular formula is C22H31F3N2O6S. The van der Waals surface area contributed by atoms with Crippen molar-refractivity contribution in [3.63, 3.8) is 0 Å². The zero-order chi connectivity index (χ0) is 25.0. The number of likely N-dealkylation sites (tertiary alicyclic amines) is 1. The average molecular weight is 509 g/mol. The van der Waals surface area contributed by atoms with Crippen LogP contribution in [0.3, 0.4) is 0 Å². The summed E-state index contributed by atoms with van der Waals surface area (Å²) in [5.74, 6) is -2.76. The van der Waals surface area contributed by atoms with E-state index in [1.165, 1.54) is 0 Å². The summed E-state index contributed by atoms with van der Waals surface area (Å²) < 4.78 is 65.1. The molecular weight excluding hydrogens is 477 g/mol. The number of hydrogen-bond donors (Lipinski definition) is 2. The highest BCUT2D eigenvalue weighted by Gasteiger charge is 2.45. The second-order valence-corrected chi connectivity index (χ2v) is 11.1. The van der Waals surface area contributed by atoms with Crippen molar-refractivity contribution in [2.45, 2.75) is 55.3 Å². The van der Waals surface area contributed by atoms with Gasteiger partial charge in [-0.3, -0.25) is 4.90 Å². The predicted molar refractivity (Wildman–Crippen MR) is 117 cm³/mol. The van der Waals surface area contributed by atoms with E-state index >= 15 is 0 Å². The second-order valence-electron chi connectivity index (χ2n) is 9.13. The molecule has 0 radical (unpaired) electrons. The Balaban J connectivity index is 0.000000406. The van der Waals surface area contributed by atoms with Crippen LogP contribution < -0.4 is 0 Å². The molecule has 2 N–H and O–H groups in total. The molecule has 0 amide bonds. The number of aliphatic hydroxyl groups is 1. The molecule has 1 spiro atoms. The minimum atomic E-state index is -5.08. The molecule has 0 saturated carbocycles. The van der Waals surface area contributed by atoms with Gasteiger partial charge in [-0.2, -0.15) is 17.5 Å². The number of piperidine rings is 1. The normalized spacial score (nSPS) is 25.8. The smallest absolute Gasteiger partial charge is 0.475 e. The molecule has 0 aromatic heterocycles. The Labute approximate surface area is 197 Å². The number of carboxylic acids is 1. The lowest BCUT2D eigenvalue weighted by Crippen LogP contribution is -2.43. The van der Waals surface area contributed by atoms with E-state index in [0.717, 1.165) is 51.8 Å². The molecule has 1 aromatic carbocycles. The van der Waals surface area contributed by atoms with E-state index in [1.54, 1.807) is 28.6 Å². The third kappa shape index (κ3) is 6.48. The summed E-state index contributed by atoms with van der Waals surface area (Å²) in [5, 5.41) is 16.6. The molecule has 192 valence electrons. The summed E-state index contributed by atoms with van der Waals surface area (Å²) in [4.78, 5) is 11.6. The maximum absolute atomic E-state index is 12.8. The summed E-state index contributed by atoms with van der Waals surface area (Å²) >= 11 is 0. The van der Waals surface area contributed by atoms with Gasteiger partial charge >= 0.3 is 12.1 Å². The fourth-order valence-corrected chi connectivity index (χ4v) is 6.37. The number of halogens is 3. The molecule has 4 rings (SSSR count). The third-order valence-corrected chi connectivity index (χ3v) is 8.75. The predicted octanol–water partition coefficient (Wildman–Crippen LogP) is 2.34. The van der Waals surface area contributed by atoms with Crippen molar-refractivity contribution in [2.75, 3.05) is 39.4 Å². The molecule has 3 heterocycles. The first-order chi connectivity index (χ1) is 16.0. The van der Waals surface area contributed by atoms with Crippen LogP contribution in [0.25, 0.3) is 0 Å². The van der Waals surface area contributed by atoms with Crippen molar-refractivity contribution in [1.29, 1.82) is 0 Å². The number of rotatable bonds is 5. The lowest BCUT2D eigenvalue weighted by Gasteiger charge is -2.37. The molecule has 2 atom stereocenters. The fraction of sp³-hybridized carbons (Fsp3) is 0.682. The van der Waals surface area contributed by atoms with E-state index in [2.05, 4.69) is 4.90 Å². The summed E-state index contributed by atoms with van der Waals surface area (Å²) in [6, 6.07) is 8.99. The highest BCUT2D eigenvalue weighted by atomic mass is 32.2. The number of carboxylic acid groups (broad SMARTS) is 1. The zero-order valence-electron chi connectivity index (χ0n) is 18.8. The molecule has 3 saturated heterocycles. The maximum atomic E-state index is 12.8. The van der Waals surface area contributed by atoms with Gasteiger partial charge in [-0.25, -0.2) is 13.2 Å². The number of benzene rings is 1. The quantitative estimate of drug-likeness (QED) is 0.629. The number of carbonyl (C=O) groups is 1. The van der Waals surface area contributed by atoms with Crippen LogP contribution >= 0.6 is 0 Å². The lowest BCUT2D eigenvalue weighted by atomic mass is 9.77. The zero-order valence-corrected chi connectivity index (χ0v) is 19.6. The lowest BCUT2D eigenvalue weighted by molar-refractivity contribution is -0.192. The van der Waals surface area contributed by atoms with Gasteiger partial charge in [0.2, 0.25) is 10.0 Å². The number of nitrogens with zero attached hydrogens (tertiary/aromatic N) is 2. The van der Waals surface area contributed by atoms with Gasteiger partial charge in [-0.1, -0.05) is 18.2 Å². The van der Waals surface area contributed by atoms with Crippen molar-refractivity contribution >= 4 is 16.0 Å². The van der Waals surface area contributed by atoms with E-state index < -0.39 is 22.2 Å².